The summed E-state index contributed by atoms with van der Waals surface area (Å²) >= 11 is 0. The number of nitrogens with zero attached hydrogens (tertiary/aromatic N) is 1. The van der Waals surface area contributed by atoms with Crippen LogP contribution in [0.15, 0.2) is 0 Å². The summed E-state index contributed by atoms with van der Waals surface area (Å²) in [6.45, 7) is 5.43. The standard InChI is InChI=1S/C10H21N3O/c1-3-6-13(8-4-5-8)7-10(2,12)9(11)14/h8H,3-7,12H2,1-2H3,(H2,11,14). The van der Waals surface area contributed by atoms with Gasteiger partial charge in [0.1, 0.15) is 5.54 Å². The Labute approximate surface area is 85.6 Å². The Morgan fingerprint density at radius 3 is 2.50 bits per heavy atom. The van der Waals surface area contributed by atoms with Gasteiger partial charge in [0.05, 0.1) is 0 Å². The van der Waals surface area contributed by atoms with E-state index < -0.39 is 11.4 Å². The molecule has 0 aliphatic heterocycles. The zero-order valence-electron chi connectivity index (χ0n) is 9.12. The number of rotatable bonds is 6. The molecule has 0 bridgehead atoms. The van der Waals surface area contributed by atoms with Crippen LogP contribution in [0.1, 0.15) is 33.1 Å². The lowest BCUT2D eigenvalue weighted by Crippen LogP contribution is -2.57. The Hall–Kier alpha value is -0.610. The summed E-state index contributed by atoms with van der Waals surface area (Å²) in [5, 5.41) is 0. The molecule has 1 fully saturated rings. The summed E-state index contributed by atoms with van der Waals surface area (Å²) < 4.78 is 0. The average Bonchev–Trinajstić information content (AvgIpc) is 2.85. The van der Waals surface area contributed by atoms with Crippen LogP contribution in [0.25, 0.3) is 0 Å². The normalized spacial score (nSPS) is 20.9. The maximum Gasteiger partial charge on any atom is 0.238 e. The fourth-order valence-electron chi connectivity index (χ4n) is 1.62. The van der Waals surface area contributed by atoms with Gasteiger partial charge in [-0.15, -0.1) is 0 Å². The number of carbonyl (C=O) groups excluding carboxylic acids is 1. The Balaban J connectivity index is 2.49. The van der Waals surface area contributed by atoms with Gasteiger partial charge in [-0.05, 0) is 32.7 Å². The lowest BCUT2D eigenvalue weighted by atomic mass is 10.0. The van der Waals surface area contributed by atoms with Crippen molar-refractivity contribution in [3.63, 3.8) is 0 Å². The van der Waals surface area contributed by atoms with E-state index in [1.54, 1.807) is 6.92 Å². The summed E-state index contributed by atoms with van der Waals surface area (Å²) in [6, 6.07) is 0.636. The Kier molecular flexibility index (Phi) is 3.50. The molecule has 0 spiro atoms. The molecular formula is C10H21N3O. The first-order valence-corrected chi connectivity index (χ1v) is 5.30. The predicted octanol–water partition coefficient (Wildman–Crippen LogP) is 0.0635. The summed E-state index contributed by atoms with van der Waals surface area (Å²) in [4.78, 5) is 13.4. The van der Waals surface area contributed by atoms with Crippen molar-refractivity contribution >= 4 is 5.91 Å². The molecule has 0 aromatic rings. The van der Waals surface area contributed by atoms with Gasteiger partial charge in [0.2, 0.25) is 5.91 Å². The minimum atomic E-state index is -0.891. The number of hydrogen-bond acceptors (Lipinski definition) is 3. The van der Waals surface area contributed by atoms with E-state index in [0.29, 0.717) is 12.6 Å². The van der Waals surface area contributed by atoms with Crippen molar-refractivity contribution in [2.45, 2.75) is 44.7 Å². The molecule has 0 aromatic carbocycles. The number of primary amides is 1. The third-order valence-corrected chi connectivity index (χ3v) is 2.67. The second kappa shape index (κ2) is 4.28. The van der Waals surface area contributed by atoms with Gasteiger partial charge in [0.15, 0.2) is 0 Å². The quantitative estimate of drug-likeness (QED) is 0.635. The van der Waals surface area contributed by atoms with Crippen LogP contribution in [0.2, 0.25) is 0 Å². The molecule has 1 aliphatic carbocycles. The molecule has 0 saturated heterocycles. The zero-order valence-corrected chi connectivity index (χ0v) is 9.12. The van der Waals surface area contributed by atoms with E-state index >= 15 is 0 Å². The molecule has 0 radical (unpaired) electrons. The van der Waals surface area contributed by atoms with Crippen molar-refractivity contribution in [2.75, 3.05) is 13.1 Å². The predicted molar refractivity (Wildman–Crippen MR) is 56.7 cm³/mol. The summed E-state index contributed by atoms with van der Waals surface area (Å²) in [5.41, 5.74) is 10.2. The molecule has 1 unspecified atom stereocenters. The van der Waals surface area contributed by atoms with Gasteiger partial charge >= 0.3 is 0 Å². The van der Waals surface area contributed by atoms with Crippen LogP contribution < -0.4 is 11.5 Å². The first kappa shape index (κ1) is 11.5. The highest BCUT2D eigenvalue weighted by Gasteiger charge is 2.35. The highest BCUT2D eigenvalue weighted by atomic mass is 16.1. The van der Waals surface area contributed by atoms with E-state index in [2.05, 4.69) is 11.8 Å². The first-order valence-electron chi connectivity index (χ1n) is 5.30. The van der Waals surface area contributed by atoms with Crippen molar-refractivity contribution in [3.8, 4) is 0 Å². The van der Waals surface area contributed by atoms with Crippen LogP contribution in [-0.4, -0.2) is 35.5 Å². The van der Waals surface area contributed by atoms with Gasteiger partial charge < -0.3 is 11.5 Å². The van der Waals surface area contributed by atoms with Crippen molar-refractivity contribution in [2.24, 2.45) is 11.5 Å². The lowest BCUT2D eigenvalue weighted by molar-refractivity contribution is -0.123. The largest absolute Gasteiger partial charge is 0.368 e. The molecule has 1 rings (SSSR count). The minimum absolute atomic E-state index is 0.417. The van der Waals surface area contributed by atoms with Gasteiger partial charge in [0.25, 0.3) is 0 Å². The first-order chi connectivity index (χ1) is 6.47. The third-order valence-electron chi connectivity index (χ3n) is 2.67. The van der Waals surface area contributed by atoms with E-state index in [1.807, 2.05) is 0 Å². The van der Waals surface area contributed by atoms with Gasteiger partial charge in [0, 0.05) is 12.6 Å². The van der Waals surface area contributed by atoms with Crippen molar-refractivity contribution < 1.29 is 4.79 Å². The van der Waals surface area contributed by atoms with Gasteiger partial charge in [-0.2, -0.15) is 0 Å². The molecule has 0 aromatic heterocycles. The summed E-state index contributed by atoms with van der Waals surface area (Å²) in [5.74, 6) is -0.417. The fourth-order valence-corrected chi connectivity index (χ4v) is 1.62. The van der Waals surface area contributed by atoms with Crippen LogP contribution >= 0.6 is 0 Å². The number of hydrogen-bond donors (Lipinski definition) is 2. The van der Waals surface area contributed by atoms with Gasteiger partial charge in [-0.25, -0.2) is 0 Å². The van der Waals surface area contributed by atoms with Crippen LogP contribution in [0.4, 0.5) is 0 Å². The monoisotopic (exact) mass is 199 g/mol. The Morgan fingerprint density at radius 1 is 1.57 bits per heavy atom. The molecule has 0 heterocycles. The molecule has 1 saturated carbocycles. The topological polar surface area (TPSA) is 72.3 Å². The minimum Gasteiger partial charge on any atom is -0.368 e. The van der Waals surface area contributed by atoms with Gasteiger partial charge in [-0.1, -0.05) is 6.92 Å². The number of nitrogens with two attached hydrogens (primary N) is 2. The SMILES string of the molecule is CCCN(CC(C)(N)C(N)=O)C1CC1. The molecule has 4 N–H and O–H groups in total. The molecule has 4 heteroatoms. The third kappa shape index (κ3) is 2.96. The average molecular weight is 199 g/mol. The number of amides is 1. The highest BCUT2D eigenvalue weighted by Crippen LogP contribution is 2.27. The van der Waals surface area contributed by atoms with Crippen molar-refractivity contribution in [3.05, 3.63) is 0 Å². The van der Waals surface area contributed by atoms with E-state index in [1.165, 1.54) is 12.8 Å². The fraction of sp³-hybridized carbons (Fsp3) is 0.900. The second-order valence-corrected chi connectivity index (χ2v) is 4.48. The molecular weight excluding hydrogens is 178 g/mol. The van der Waals surface area contributed by atoms with E-state index in [-0.39, 0.29) is 0 Å². The maximum absolute atomic E-state index is 11.1. The summed E-state index contributed by atoms with van der Waals surface area (Å²) in [6.07, 6.45) is 3.55. The van der Waals surface area contributed by atoms with Crippen LogP contribution in [-0.2, 0) is 4.79 Å². The van der Waals surface area contributed by atoms with E-state index in [4.69, 9.17) is 11.5 Å². The second-order valence-electron chi connectivity index (χ2n) is 4.48. The molecule has 1 amide bonds. The van der Waals surface area contributed by atoms with Crippen LogP contribution in [0, 0.1) is 0 Å². The molecule has 4 nitrogen and oxygen atoms in total. The summed E-state index contributed by atoms with van der Waals surface area (Å²) in [7, 11) is 0. The maximum atomic E-state index is 11.1. The zero-order chi connectivity index (χ0) is 10.8. The van der Waals surface area contributed by atoms with Crippen molar-refractivity contribution in [1.82, 2.24) is 4.90 Å². The molecule has 14 heavy (non-hydrogen) atoms. The van der Waals surface area contributed by atoms with Crippen LogP contribution in [0.5, 0.6) is 0 Å². The molecule has 1 aliphatic rings. The van der Waals surface area contributed by atoms with Gasteiger partial charge in [-0.3, -0.25) is 9.69 Å². The van der Waals surface area contributed by atoms with Crippen molar-refractivity contribution in [1.29, 1.82) is 0 Å². The highest BCUT2D eigenvalue weighted by molar-refractivity contribution is 5.84. The molecule has 82 valence electrons. The molecule has 1 atom stereocenters. The Morgan fingerprint density at radius 2 is 2.14 bits per heavy atom. The Bertz CT molecular complexity index is 211. The lowest BCUT2D eigenvalue weighted by Gasteiger charge is -2.30. The number of carbonyl (C=O) groups is 1. The smallest absolute Gasteiger partial charge is 0.238 e. The van der Waals surface area contributed by atoms with Crippen LogP contribution in [0.3, 0.4) is 0 Å². The van der Waals surface area contributed by atoms with E-state index in [0.717, 1.165) is 13.0 Å². The van der Waals surface area contributed by atoms with E-state index in [9.17, 15) is 4.79 Å².